The molecule has 0 unspecified atom stereocenters. The molecular formula is C20H28N4O6. The molecule has 30 heavy (non-hydrogen) atoms. The van der Waals surface area contributed by atoms with Gasteiger partial charge in [0.2, 0.25) is 0 Å². The Hall–Kier alpha value is -3.14. The molecule has 0 bridgehead atoms. The van der Waals surface area contributed by atoms with Crippen LogP contribution in [0.2, 0.25) is 0 Å². The molecule has 10 heteroatoms. The average Bonchev–Trinajstić information content (AvgIpc) is 2.78. The van der Waals surface area contributed by atoms with Gasteiger partial charge < -0.3 is 24.4 Å². The zero-order valence-corrected chi connectivity index (χ0v) is 17.5. The maximum Gasteiger partial charge on any atom is 0.329 e. The van der Waals surface area contributed by atoms with Gasteiger partial charge in [0, 0.05) is 19.1 Å². The number of benzene rings is 1. The second-order valence-electron chi connectivity index (χ2n) is 6.67. The first-order chi connectivity index (χ1) is 14.4. The molecular weight excluding hydrogens is 392 g/mol. The van der Waals surface area contributed by atoms with Crippen LogP contribution in [0.3, 0.4) is 0 Å². The lowest BCUT2D eigenvalue weighted by atomic mass is 10.2. The van der Waals surface area contributed by atoms with E-state index >= 15 is 0 Å². The summed E-state index contributed by atoms with van der Waals surface area (Å²) in [7, 11) is 1.48. The Labute approximate surface area is 175 Å². The molecule has 0 saturated carbocycles. The average molecular weight is 420 g/mol. The fourth-order valence-corrected chi connectivity index (χ4v) is 2.53. The monoisotopic (exact) mass is 420 g/mol. The quantitative estimate of drug-likeness (QED) is 0.355. The van der Waals surface area contributed by atoms with Gasteiger partial charge in [-0.3, -0.25) is 14.4 Å². The van der Waals surface area contributed by atoms with Crippen molar-refractivity contribution in [1.82, 2.24) is 15.6 Å². The minimum Gasteiger partial charge on any atom is -0.493 e. The molecule has 1 saturated heterocycles. The number of methoxy groups -OCH3 is 1. The first kappa shape index (κ1) is 23.1. The SMILES string of the molecule is CC[C@H](C)NC(=O)C(=O)N/N=C\c1ccc(OCC(=O)N2CCOCC2)c(OC)c1. The highest BCUT2D eigenvalue weighted by atomic mass is 16.5. The lowest BCUT2D eigenvalue weighted by Gasteiger charge is -2.26. The maximum absolute atomic E-state index is 12.2. The van der Waals surface area contributed by atoms with Gasteiger partial charge in [0.1, 0.15) is 0 Å². The van der Waals surface area contributed by atoms with Crippen molar-refractivity contribution in [3.8, 4) is 11.5 Å². The Morgan fingerprint density at radius 1 is 1.23 bits per heavy atom. The predicted octanol–water partition coefficient (Wildman–Crippen LogP) is 0.298. The van der Waals surface area contributed by atoms with Crippen LogP contribution in [0, 0.1) is 0 Å². The van der Waals surface area contributed by atoms with E-state index in [4.69, 9.17) is 14.2 Å². The van der Waals surface area contributed by atoms with Gasteiger partial charge in [-0.2, -0.15) is 5.10 Å². The highest BCUT2D eigenvalue weighted by Gasteiger charge is 2.18. The molecule has 1 aliphatic rings. The number of hydrogen-bond donors (Lipinski definition) is 2. The fourth-order valence-electron chi connectivity index (χ4n) is 2.53. The third-order valence-corrected chi connectivity index (χ3v) is 4.48. The smallest absolute Gasteiger partial charge is 0.329 e. The molecule has 10 nitrogen and oxygen atoms in total. The Kier molecular flexibility index (Phi) is 9.07. The van der Waals surface area contributed by atoms with Gasteiger partial charge in [-0.05, 0) is 37.1 Å². The van der Waals surface area contributed by atoms with Crippen molar-refractivity contribution in [1.29, 1.82) is 0 Å². The number of carbonyl (C=O) groups is 3. The van der Waals surface area contributed by atoms with E-state index in [1.54, 1.807) is 30.0 Å². The van der Waals surface area contributed by atoms with Gasteiger partial charge in [-0.15, -0.1) is 0 Å². The van der Waals surface area contributed by atoms with Gasteiger partial charge >= 0.3 is 11.8 Å². The maximum atomic E-state index is 12.2. The molecule has 2 N–H and O–H groups in total. The summed E-state index contributed by atoms with van der Waals surface area (Å²) in [5.41, 5.74) is 2.79. The number of rotatable bonds is 8. The van der Waals surface area contributed by atoms with E-state index in [2.05, 4.69) is 15.8 Å². The topological polar surface area (TPSA) is 119 Å². The highest BCUT2D eigenvalue weighted by Crippen LogP contribution is 2.27. The van der Waals surface area contributed by atoms with Crippen LogP contribution in [0.15, 0.2) is 23.3 Å². The van der Waals surface area contributed by atoms with Gasteiger partial charge in [-0.1, -0.05) is 6.92 Å². The minimum atomic E-state index is -0.847. The van der Waals surface area contributed by atoms with Crippen LogP contribution >= 0.6 is 0 Å². The van der Waals surface area contributed by atoms with Crippen LogP contribution in [-0.2, 0) is 19.1 Å². The Bertz CT molecular complexity index is 777. The van der Waals surface area contributed by atoms with E-state index in [-0.39, 0.29) is 18.6 Å². The minimum absolute atomic E-state index is 0.0980. The Balaban J connectivity index is 1.89. The number of morpholine rings is 1. The van der Waals surface area contributed by atoms with E-state index in [1.165, 1.54) is 13.3 Å². The summed E-state index contributed by atoms with van der Waals surface area (Å²) >= 11 is 0. The normalized spacial score (nSPS) is 14.8. The summed E-state index contributed by atoms with van der Waals surface area (Å²) in [5, 5.41) is 6.33. The third kappa shape index (κ3) is 7.03. The number of nitrogens with zero attached hydrogens (tertiary/aromatic N) is 2. The van der Waals surface area contributed by atoms with E-state index in [1.807, 2.05) is 6.92 Å². The summed E-state index contributed by atoms with van der Waals surface area (Å²) in [4.78, 5) is 37.3. The van der Waals surface area contributed by atoms with Crippen LogP contribution < -0.4 is 20.2 Å². The van der Waals surface area contributed by atoms with Crippen molar-refractivity contribution >= 4 is 23.9 Å². The first-order valence-corrected chi connectivity index (χ1v) is 9.74. The van der Waals surface area contributed by atoms with E-state index in [0.29, 0.717) is 49.8 Å². The van der Waals surface area contributed by atoms with Gasteiger partial charge in [0.05, 0.1) is 26.5 Å². The Morgan fingerprint density at radius 3 is 2.63 bits per heavy atom. The molecule has 0 radical (unpaired) electrons. The van der Waals surface area contributed by atoms with Crippen molar-refractivity contribution in [2.24, 2.45) is 5.10 Å². The molecule has 0 aliphatic carbocycles. The zero-order chi connectivity index (χ0) is 21.9. The highest BCUT2D eigenvalue weighted by molar-refractivity contribution is 6.35. The molecule has 1 aliphatic heterocycles. The van der Waals surface area contributed by atoms with Gasteiger partial charge in [-0.25, -0.2) is 5.43 Å². The summed E-state index contributed by atoms with van der Waals surface area (Å²) in [6.45, 7) is 5.76. The summed E-state index contributed by atoms with van der Waals surface area (Å²) in [6, 6.07) is 4.87. The number of ether oxygens (including phenoxy) is 3. The third-order valence-electron chi connectivity index (χ3n) is 4.48. The number of amides is 3. The fraction of sp³-hybridized carbons (Fsp3) is 0.500. The number of nitrogens with one attached hydrogen (secondary N) is 2. The number of hydrazone groups is 1. The van der Waals surface area contributed by atoms with Crippen molar-refractivity contribution in [2.45, 2.75) is 26.3 Å². The lowest BCUT2D eigenvalue weighted by Crippen LogP contribution is -2.43. The second-order valence-corrected chi connectivity index (χ2v) is 6.67. The zero-order valence-electron chi connectivity index (χ0n) is 17.5. The molecule has 3 amide bonds. The largest absolute Gasteiger partial charge is 0.493 e. The molecule has 164 valence electrons. The van der Waals surface area contributed by atoms with Crippen LogP contribution in [0.4, 0.5) is 0 Å². The number of carbonyl (C=O) groups excluding carboxylic acids is 3. The Morgan fingerprint density at radius 2 is 1.97 bits per heavy atom. The second kappa shape index (κ2) is 11.8. The molecule has 1 fully saturated rings. The summed E-state index contributed by atoms with van der Waals surface area (Å²) in [5.74, 6) is -0.889. The lowest BCUT2D eigenvalue weighted by molar-refractivity contribution is -0.139. The van der Waals surface area contributed by atoms with E-state index in [9.17, 15) is 14.4 Å². The molecule has 0 spiro atoms. The summed E-state index contributed by atoms with van der Waals surface area (Å²) < 4.78 is 16.1. The molecule has 0 aromatic heterocycles. The van der Waals surface area contributed by atoms with E-state index in [0.717, 1.165) is 0 Å². The molecule has 1 heterocycles. The van der Waals surface area contributed by atoms with Crippen molar-refractivity contribution in [3.63, 3.8) is 0 Å². The first-order valence-electron chi connectivity index (χ1n) is 9.74. The van der Waals surface area contributed by atoms with Crippen LogP contribution in [0.5, 0.6) is 11.5 Å². The predicted molar refractivity (Wildman–Crippen MR) is 110 cm³/mol. The molecule has 1 atom stereocenters. The van der Waals surface area contributed by atoms with Crippen molar-refractivity contribution in [3.05, 3.63) is 23.8 Å². The van der Waals surface area contributed by atoms with Crippen molar-refractivity contribution in [2.75, 3.05) is 40.0 Å². The molecule has 2 rings (SSSR count). The van der Waals surface area contributed by atoms with Gasteiger partial charge in [0.15, 0.2) is 18.1 Å². The molecule has 1 aromatic carbocycles. The van der Waals surface area contributed by atoms with Crippen LogP contribution in [-0.4, -0.2) is 74.9 Å². The standard InChI is InChI=1S/C20H28N4O6/c1-4-14(2)22-19(26)20(27)23-21-12-15-5-6-16(17(11-15)28-3)30-13-18(25)24-7-9-29-10-8-24/h5-6,11-12,14H,4,7-10,13H2,1-3H3,(H,22,26)(H,23,27)/b21-12-/t14-/m0/s1. The van der Waals surface area contributed by atoms with Gasteiger partial charge in [0.25, 0.3) is 5.91 Å². The van der Waals surface area contributed by atoms with Crippen LogP contribution in [0.25, 0.3) is 0 Å². The van der Waals surface area contributed by atoms with Crippen LogP contribution in [0.1, 0.15) is 25.8 Å². The van der Waals surface area contributed by atoms with Crippen molar-refractivity contribution < 1.29 is 28.6 Å². The number of hydrogen-bond acceptors (Lipinski definition) is 7. The summed E-state index contributed by atoms with van der Waals surface area (Å²) in [6.07, 6.45) is 2.09. The molecule has 1 aromatic rings. The van der Waals surface area contributed by atoms with E-state index < -0.39 is 11.8 Å².